The van der Waals surface area contributed by atoms with Crippen LogP contribution < -0.4 is 5.32 Å². The van der Waals surface area contributed by atoms with Crippen LogP contribution in [0.2, 0.25) is 10.3 Å². The summed E-state index contributed by atoms with van der Waals surface area (Å²) in [7, 11) is 0. The number of anilines is 1. The largest absolute Gasteiger partial charge is 0.476 e. The van der Waals surface area contributed by atoms with Crippen molar-refractivity contribution in [2.75, 3.05) is 5.32 Å². The van der Waals surface area contributed by atoms with Gasteiger partial charge in [-0.3, -0.25) is 0 Å². The van der Waals surface area contributed by atoms with Crippen LogP contribution in [0.1, 0.15) is 40.3 Å². The van der Waals surface area contributed by atoms with Crippen LogP contribution in [0.3, 0.4) is 0 Å². The van der Waals surface area contributed by atoms with Gasteiger partial charge in [0.2, 0.25) is 0 Å². The molecule has 0 saturated carbocycles. The fourth-order valence-electron chi connectivity index (χ4n) is 2.74. The zero-order valence-electron chi connectivity index (χ0n) is 14.3. The molecular formula is C18H13Cl2N5O2. The third-order valence-corrected chi connectivity index (χ3v) is 4.38. The number of aromatic carboxylic acids is 1. The number of hydrogen-bond acceptors (Lipinski definition) is 6. The summed E-state index contributed by atoms with van der Waals surface area (Å²) in [6.07, 6.45) is 0. The third-order valence-electron chi connectivity index (χ3n) is 3.91. The van der Waals surface area contributed by atoms with E-state index in [1.165, 1.54) is 6.07 Å². The van der Waals surface area contributed by atoms with Crippen LogP contribution in [-0.4, -0.2) is 26.0 Å². The average molecular weight is 402 g/mol. The first-order valence-corrected chi connectivity index (χ1v) is 8.60. The first-order valence-electron chi connectivity index (χ1n) is 7.84. The lowest BCUT2D eigenvalue weighted by Gasteiger charge is -2.19. The van der Waals surface area contributed by atoms with Crippen molar-refractivity contribution in [3.63, 3.8) is 0 Å². The van der Waals surface area contributed by atoms with Gasteiger partial charge in [-0.15, -0.1) is 0 Å². The molecule has 136 valence electrons. The molecule has 3 rings (SSSR count). The Bertz CT molecular complexity index is 1110. The highest BCUT2D eigenvalue weighted by Crippen LogP contribution is 2.29. The van der Waals surface area contributed by atoms with E-state index in [0.29, 0.717) is 16.7 Å². The number of benzene rings is 1. The van der Waals surface area contributed by atoms with Gasteiger partial charge in [-0.05, 0) is 37.6 Å². The Morgan fingerprint density at radius 2 is 2.00 bits per heavy atom. The minimum Gasteiger partial charge on any atom is -0.476 e. The van der Waals surface area contributed by atoms with Crippen molar-refractivity contribution in [2.24, 2.45) is 0 Å². The summed E-state index contributed by atoms with van der Waals surface area (Å²) in [4.78, 5) is 23.9. The van der Waals surface area contributed by atoms with E-state index in [1.807, 2.05) is 32.0 Å². The molecule has 0 amide bonds. The molecule has 1 atom stereocenters. The van der Waals surface area contributed by atoms with Crippen molar-refractivity contribution in [1.29, 1.82) is 5.26 Å². The Kier molecular flexibility index (Phi) is 5.13. The first kappa shape index (κ1) is 18.8. The number of aryl methyl sites for hydroxylation is 1. The molecule has 0 saturated heterocycles. The van der Waals surface area contributed by atoms with Gasteiger partial charge in [0.05, 0.1) is 22.8 Å². The third kappa shape index (κ3) is 3.77. The summed E-state index contributed by atoms with van der Waals surface area (Å²) in [6.45, 7) is 3.74. The average Bonchev–Trinajstić information content (AvgIpc) is 2.62. The van der Waals surface area contributed by atoms with Crippen LogP contribution in [0.15, 0.2) is 24.3 Å². The molecule has 2 aromatic heterocycles. The number of carboxylic acids is 1. The first-order chi connectivity index (χ1) is 12.8. The van der Waals surface area contributed by atoms with E-state index in [0.717, 1.165) is 11.1 Å². The van der Waals surface area contributed by atoms with E-state index < -0.39 is 5.97 Å². The maximum atomic E-state index is 11.4. The van der Waals surface area contributed by atoms with Gasteiger partial charge in [-0.1, -0.05) is 29.3 Å². The van der Waals surface area contributed by atoms with E-state index in [4.69, 9.17) is 28.5 Å². The quantitative estimate of drug-likeness (QED) is 0.623. The minimum atomic E-state index is -1.19. The van der Waals surface area contributed by atoms with Gasteiger partial charge in [-0.25, -0.2) is 19.7 Å². The fraction of sp³-hybridized carbons (Fsp3) is 0.167. The molecule has 0 fully saturated rings. The molecule has 0 spiro atoms. The predicted molar refractivity (Wildman–Crippen MR) is 102 cm³/mol. The number of aromatic nitrogens is 3. The van der Waals surface area contributed by atoms with Crippen LogP contribution >= 0.6 is 23.2 Å². The van der Waals surface area contributed by atoms with E-state index in [9.17, 15) is 9.90 Å². The maximum absolute atomic E-state index is 11.4. The lowest BCUT2D eigenvalue weighted by molar-refractivity contribution is 0.0691. The molecule has 0 bridgehead atoms. The number of carbonyl (C=O) groups is 1. The number of fused-ring (bicyclic) bond motifs is 1. The lowest BCUT2D eigenvalue weighted by atomic mass is 10.0. The lowest BCUT2D eigenvalue weighted by Crippen LogP contribution is -2.13. The van der Waals surface area contributed by atoms with Crippen LogP contribution in [0.25, 0.3) is 11.0 Å². The molecule has 0 unspecified atom stereocenters. The van der Waals surface area contributed by atoms with Gasteiger partial charge in [0.25, 0.3) is 0 Å². The van der Waals surface area contributed by atoms with Crippen LogP contribution in [0.4, 0.5) is 5.69 Å². The normalized spacial score (nSPS) is 11.8. The predicted octanol–water partition coefficient (Wildman–Crippen LogP) is 4.38. The highest BCUT2D eigenvalue weighted by atomic mass is 35.5. The number of nitriles is 1. The highest BCUT2D eigenvalue weighted by molar-refractivity contribution is 6.30. The number of carboxylic acid groups (broad SMARTS) is 1. The second-order valence-corrected chi connectivity index (χ2v) is 6.64. The van der Waals surface area contributed by atoms with Crippen molar-refractivity contribution in [1.82, 2.24) is 15.0 Å². The van der Waals surface area contributed by atoms with E-state index in [2.05, 4.69) is 20.3 Å². The number of pyridine rings is 1. The van der Waals surface area contributed by atoms with Gasteiger partial charge < -0.3 is 10.4 Å². The van der Waals surface area contributed by atoms with Crippen molar-refractivity contribution in [2.45, 2.75) is 19.9 Å². The molecule has 2 N–H and O–H groups in total. The molecular weight excluding hydrogens is 389 g/mol. The smallest absolute Gasteiger partial charge is 0.356 e. The van der Waals surface area contributed by atoms with E-state index in [-0.39, 0.29) is 27.7 Å². The fourth-order valence-corrected chi connectivity index (χ4v) is 3.06. The second kappa shape index (κ2) is 7.35. The zero-order chi connectivity index (χ0) is 19.7. The minimum absolute atomic E-state index is 0.0155. The molecule has 0 aliphatic carbocycles. The summed E-state index contributed by atoms with van der Waals surface area (Å²) >= 11 is 11.8. The molecule has 9 heteroatoms. The van der Waals surface area contributed by atoms with Gasteiger partial charge in [-0.2, -0.15) is 5.26 Å². The van der Waals surface area contributed by atoms with Gasteiger partial charge in [0.15, 0.2) is 16.5 Å². The molecule has 1 aromatic carbocycles. The Morgan fingerprint density at radius 1 is 1.26 bits per heavy atom. The molecule has 27 heavy (non-hydrogen) atoms. The summed E-state index contributed by atoms with van der Waals surface area (Å²) in [5.74, 6) is -1.19. The molecule has 7 nitrogen and oxygen atoms in total. The summed E-state index contributed by atoms with van der Waals surface area (Å²) in [5.41, 5.74) is 2.94. The highest BCUT2D eigenvalue weighted by Gasteiger charge is 2.19. The number of hydrogen-bond donors (Lipinski definition) is 2. The molecule has 0 aliphatic rings. The topological polar surface area (TPSA) is 112 Å². The van der Waals surface area contributed by atoms with Crippen molar-refractivity contribution in [3.05, 3.63) is 57.1 Å². The molecule has 0 aliphatic heterocycles. The van der Waals surface area contributed by atoms with Crippen molar-refractivity contribution in [3.8, 4) is 6.07 Å². The Morgan fingerprint density at radius 3 is 2.67 bits per heavy atom. The summed E-state index contributed by atoms with van der Waals surface area (Å²) in [6, 6.07) is 8.35. The number of nitrogens with one attached hydrogen (secondary N) is 1. The maximum Gasteiger partial charge on any atom is 0.356 e. The van der Waals surface area contributed by atoms with Crippen LogP contribution in [0, 0.1) is 18.3 Å². The van der Waals surface area contributed by atoms with Gasteiger partial charge in [0.1, 0.15) is 11.2 Å². The molecule has 0 radical (unpaired) electrons. The van der Waals surface area contributed by atoms with Gasteiger partial charge in [0, 0.05) is 5.56 Å². The SMILES string of the molecule is Cc1cc([C@@H](C)Nc2ccc(Cl)nc2C(=O)O)c2nc(Cl)c(C#N)nc2c1. The summed E-state index contributed by atoms with van der Waals surface area (Å²) in [5, 5.41) is 21.7. The number of rotatable bonds is 4. The zero-order valence-corrected chi connectivity index (χ0v) is 15.8. The van der Waals surface area contributed by atoms with Crippen molar-refractivity contribution >= 4 is 45.9 Å². The van der Waals surface area contributed by atoms with Crippen LogP contribution in [-0.2, 0) is 0 Å². The molecule has 3 aromatic rings. The molecule has 2 heterocycles. The van der Waals surface area contributed by atoms with E-state index >= 15 is 0 Å². The Hall–Kier alpha value is -2.95. The second-order valence-electron chi connectivity index (χ2n) is 5.90. The van der Waals surface area contributed by atoms with Crippen molar-refractivity contribution < 1.29 is 9.90 Å². The van der Waals surface area contributed by atoms with Gasteiger partial charge >= 0.3 is 5.97 Å². The number of nitrogens with zero attached hydrogens (tertiary/aromatic N) is 4. The van der Waals surface area contributed by atoms with Crippen LogP contribution in [0.5, 0.6) is 0 Å². The number of halogens is 2. The Labute approximate surface area is 164 Å². The Balaban J connectivity index is 2.09. The standard InChI is InChI=1S/C18H13Cl2N5O2/c1-8-5-10(15-12(6-8)23-13(7-21)17(20)25-15)9(2)22-11-3-4-14(19)24-16(11)18(26)27/h3-6,9,22H,1-2H3,(H,26,27)/t9-/m1/s1. The van der Waals surface area contributed by atoms with E-state index in [1.54, 1.807) is 6.07 Å². The summed E-state index contributed by atoms with van der Waals surface area (Å²) < 4.78 is 0. The monoisotopic (exact) mass is 401 g/mol.